The Balaban J connectivity index is 3.12. The van der Waals surface area contributed by atoms with Crippen LogP contribution in [0, 0.1) is 0 Å². The third-order valence-electron chi connectivity index (χ3n) is 3.45. The lowest BCUT2D eigenvalue weighted by atomic mass is 10.1. The molecule has 114 valence electrons. The van der Waals surface area contributed by atoms with E-state index in [1.54, 1.807) is 30.1 Å². The Morgan fingerprint density at radius 2 is 2.10 bits per heavy atom. The van der Waals surface area contributed by atoms with E-state index in [2.05, 4.69) is 0 Å². The van der Waals surface area contributed by atoms with Gasteiger partial charge in [0.1, 0.15) is 5.75 Å². The Morgan fingerprint density at radius 3 is 2.62 bits per heavy atom. The highest BCUT2D eigenvalue weighted by atomic mass is 16.5. The number of hydrogen-bond donors (Lipinski definition) is 1. The van der Waals surface area contributed by atoms with E-state index in [0.29, 0.717) is 16.9 Å². The minimum atomic E-state index is -1.05. The van der Waals surface area contributed by atoms with E-state index >= 15 is 0 Å². The quantitative estimate of drug-likeness (QED) is 0.818. The Bertz CT molecular complexity index is 551. The molecular formula is C16H21NO4. The van der Waals surface area contributed by atoms with E-state index in [0.717, 1.165) is 12.5 Å². The largest absolute Gasteiger partial charge is 0.496 e. The maximum absolute atomic E-state index is 12.4. The summed E-state index contributed by atoms with van der Waals surface area (Å²) in [5.74, 6) is -0.627. The molecule has 1 atom stereocenters. The molecule has 0 aliphatic carbocycles. The molecule has 0 saturated heterocycles. The van der Waals surface area contributed by atoms with Crippen LogP contribution in [0.25, 0.3) is 6.08 Å². The number of carbonyl (C=O) groups excluding carboxylic acids is 1. The Hall–Kier alpha value is -2.30. The van der Waals surface area contributed by atoms with Crippen LogP contribution in [0.4, 0.5) is 0 Å². The van der Waals surface area contributed by atoms with Gasteiger partial charge in [0.2, 0.25) is 0 Å². The van der Waals surface area contributed by atoms with Crippen molar-refractivity contribution >= 4 is 18.0 Å². The number of rotatable bonds is 6. The maximum Gasteiger partial charge on any atom is 0.328 e. The normalized spacial score (nSPS) is 12.2. The first kappa shape index (κ1) is 16.8. The molecule has 0 fully saturated rings. The van der Waals surface area contributed by atoms with Gasteiger partial charge in [-0.2, -0.15) is 0 Å². The van der Waals surface area contributed by atoms with Crippen molar-refractivity contribution in [2.45, 2.75) is 26.3 Å². The number of nitrogens with zero attached hydrogens (tertiary/aromatic N) is 1. The molecule has 0 aliphatic heterocycles. The van der Waals surface area contributed by atoms with Gasteiger partial charge in [-0.25, -0.2) is 4.79 Å². The Kier molecular flexibility index (Phi) is 5.96. The zero-order valence-electron chi connectivity index (χ0n) is 12.8. The molecule has 0 saturated carbocycles. The van der Waals surface area contributed by atoms with E-state index in [1.165, 1.54) is 13.2 Å². The van der Waals surface area contributed by atoms with Gasteiger partial charge in [-0.1, -0.05) is 6.92 Å². The molecule has 1 amide bonds. The number of carboxylic acid groups (broad SMARTS) is 1. The number of carbonyl (C=O) groups is 2. The highest BCUT2D eigenvalue weighted by Crippen LogP contribution is 2.22. The monoisotopic (exact) mass is 291 g/mol. The summed E-state index contributed by atoms with van der Waals surface area (Å²) in [6.07, 6.45) is 3.30. The van der Waals surface area contributed by atoms with Crippen molar-refractivity contribution in [1.29, 1.82) is 0 Å². The zero-order chi connectivity index (χ0) is 16.0. The lowest BCUT2D eigenvalue weighted by molar-refractivity contribution is -0.131. The van der Waals surface area contributed by atoms with Gasteiger partial charge in [-0.3, -0.25) is 4.79 Å². The van der Waals surface area contributed by atoms with Crippen LogP contribution < -0.4 is 4.74 Å². The number of carboxylic acids is 1. The van der Waals surface area contributed by atoms with Crippen molar-refractivity contribution in [1.82, 2.24) is 4.90 Å². The van der Waals surface area contributed by atoms with Crippen molar-refractivity contribution < 1.29 is 19.4 Å². The van der Waals surface area contributed by atoms with Crippen LogP contribution in [0.1, 0.15) is 36.2 Å². The molecule has 1 aromatic carbocycles. The third kappa shape index (κ3) is 4.34. The summed E-state index contributed by atoms with van der Waals surface area (Å²) >= 11 is 0. The summed E-state index contributed by atoms with van der Waals surface area (Å²) in [7, 11) is 3.26. The molecule has 21 heavy (non-hydrogen) atoms. The van der Waals surface area contributed by atoms with Crippen molar-refractivity contribution in [2.75, 3.05) is 14.2 Å². The van der Waals surface area contributed by atoms with Gasteiger partial charge in [-0.15, -0.1) is 0 Å². The van der Waals surface area contributed by atoms with Crippen LogP contribution in [0.2, 0.25) is 0 Å². The van der Waals surface area contributed by atoms with Crippen LogP contribution >= 0.6 is 0 Å². The molecule has 0 aromatic heterocycles. The van der Waals surface area contributed by atoms with Gasteiger partial charge in [0.05, 0.1) is 7.11 Å². The number of benzene rings is 1. The van der Waals surface area contributed by atoms with E-state index in [-0.39, 0.29) is 11.9 Å². The summed E-state index contributed by atoms with van der Waals surface area (Å²) in [6.45, 7) is 4.00. The molecule has 1 unspecified atom stereocenters. The molecule has 1 N–H and O–H groups in total. The molecule has 0 heterocycles. The minimum Gasteiger partial charge on any atom is -0.496 e. The van der Waals surface area contributed by atoms with Crippen molar-refractivity contribution in [3.05, 3.63) is 35.4 Å². The standard InChI is InChI=1S/C16H21NO4/c1-5-11(2)17(3)16(20)13-6-8-14(21-4)12(10-13)7-9-15(18)19/h6-11H,5H2,1-4H3,(H,18,19). The van der Waals surface area contributed by atoms with Gasteiger partial charge in [0, 0.05) is 30.3 Å². The van der Waals surface area contributed by atoms with Gasteiger partial charge >= 0.3 is 5.97 Å². The van der Waals surface area contributed by atoms with Crippen LogP contribution in [0.5, 0.6) is 5.75 Å². The lowest BCUT2D eigenvalue weighted by Gasteiger charge is -2.24. The Labute approximate surface area is 124 Å². The van der Waals surface area contributed by atoms with Gasteiger partial charge in [0.25, 0.3) is 5.91 Å². The van der Waals surface area contributed by atoms with Crippen molar-refractivity contribution in [3.63, 3.8) is 0 Å². The van der Waals surface area contributed by atoms with Gasteiger partial charge in [-0.05, 0) is 37.6 Å². The van der Waals surface area contributed by atoms with Crippen molar-refractivity contribution in [2.24, 2.45) is 0 Å². The first-order valence-electron chi connectivity index (χ1n) is 6.76. The van der Waals surface area contributed by atoms with Crippen LogP contribution in [-0.2, 0) is 4.79 Å². The van der Waals surface area contributed by atoms with Gasteiger partial charge < -0.3 is 14.7 Å². The fourth-order valence-electron chi connectivity index (χ4n) is 1.84. The SMILES string of the molecule is CCC(C)N(C)C(=O)c1ccc(OC)c(C=CC(=O)O)c1. The number of amides is 1. The highest BCUT2D eigenvalue weighted by molar-refractivity contribution is 5.95. The topological polar surface area (TPSA) is 66.8 Å². The zero-order valence-corrected chi connectivity index (χ0v) is 12.8. The smallest absolute Gasteiger partial charge is 0.328 e. The first-order valence-corrected chi connectivity index (χ1v) is 6.76. The van der Waals surface area contributed by atoms with E-state index in [9.17, 15) is 9.59 Å². The van der Waals surface area contributed by atoms with Gasteiger partial charge in [0.15, 0.2) is 0 Å². The first-order chi connectivity index (χ1) is 9.90. The van der Waals surface area contributed by atoms with Crippen LogP contribution in [0.3, 0.4) is 0 Å². The molecule has 0 bridgehead atoms. The number of aliphatic carboxylic acids is 1. The van der Waals surface area contributed by atoms with E-state index in [4.69, 9.17) is 9.84 Å². The summed E-state index contributed by atoms with van der Waals surface area (Å²) in [4.78, 5) is 24.7. The fourth-order valence-corrected chi connectivity index (χ4v) is 1.84. The van der Waals surface area contributed by atoms with E-state index in [1.807, 2.05) is 13.8 Å². The van der Waals surface area contributed by atoms with Crippen molar-refractivity contribution in [3.8, 4) is 5.75 Å². The summed E-state index contributed by atoms with van der Waals surface area (Å²) < 4.78 is 5.17. The minimum absolute atomic E-state index is 0.100. The molecule has 5 heteroatoms. The fraction of sp³-hybridized carbons (Fsp3) is 0.375. The number of methoxy groups -OCH3 is 1. The lowest BCUT2D eigenvalue weighted by Crippen LogP contribution is -2.34. The molecular weight excluding hydrogens is 270 g/mol. The second-order valence-corrected chi connectivity index (χ2v) is 4.80. The second kappa shape index (κ2) is 7.47. The van der Waals surface area contributed by atoms with E-state index < -0.39 is 5.97 Å². The maximum atomic E-state index is 12.4. The third-order valence-corrected chi connectivity index (χ3v) is 3.45. The molecule has 0 spiro atoms. The molecule has 0 radical (unpaired) electrons. The molecule has 5 nitrogen and oxygen atoms in total. The highest BCUT2D eigenvalue weighted by Gasteiger charge is 2.17. The summed E-state index contributed by atoms with van der Waals surface area (Å²) in [6, 6.07) is 5.12. The van der Waals surface area contributed by atoms with Crippen LogP contribution in [-0.4, -0.2) is 42.1 Å². The summed E-state index contributed by atoms with van der Waals surface area (Å²) in [5.41, 5.74) is 1.06. The second-order valence-electron chi connectivity index (χ2n) is 4.80. The average molecular weight is 291 g/mol. The average Bonchev–Trinajstić information content (AvgIpc) is 2.50. The molecule has 0 aliphatic rings. The predicted octanol–water partition coefficient (Wildman–Crippen LogP) is 2.66. The molecule has 1 rings (SSSR count). The summed E-state index contributed by atoms with van der Waals surface area (Å²) in [5, 5.41) is 8.71. The Morgan fingerprint density at radius 1 is 1.43 bits per heavy atom. The number of hydrogen-bond acceptors (Lipinski definition) is 3. The van der Waals surface area contributed by atoms with Crippen LogP contribution in [0.15, 0.2) is 24.3 Å². The number of ether oxygens (including phenoxy) is 1. The molecule has 1 aromatic rings. The predicted molar refractivity (Wildman–Crippen MR) is 81.5 cm³/mol.